The second-order valence-electron chi connectivity index (χ2n) is 12.7. The molecule has 0 amide bonds. The first kappa shape index (κ1) is 47.2. The van der Waals surface area contributed by atoms with Gasteiger partial charge in [0.1, 0.15) is 11.6 Å². The zero-order valence-corrected chi connectivity index (χ0v) is 31.2. The van der Waals surface area contributed by atoms with E-state index in [0.29, 0.717) is 84.9 Å². The molecule has 0 saturated heterocycles. The van der Waals surface area contributed by atoms with Gasteiger partial charge in [-0.15, -0.1) is 0 Å². The van der Waals surface area contributed by atoms with Gasteiger partial charge in [-0.25, -0.2) is 0 Å². The van der Waals surface area contributed by atoms with Crippen LogP contribution >= 0.6 is 0 Å². The molecule has 0 aromatic heterocycles. The van der Waals surface area contributed by atoms with Gasteiger partial charge in [0, 0.05) is 31.3 Å². The van der Waals surface area contributed by atoms with Crippen LogP contribution in [0.25, 0.3) is 0 Å². The van der Waals surface area contributed by atoms with Crippen molar-refractivity contribution in [3.05, 3.63) is 0 Å². The quantitative estimate of drug-likeness (QED) is 0.0616. The van der Waals surface area contributed by atoms with E-state index < -0.39 is 0 Å². The van der Waals surface area contributed by atoms with E-state index in [-0.39, 0.29) is 17.6 Å². The van der Waals surface area contributed by atoms with E-state index in [4.69, 9.17) is 28.4 Å². The first-order valence-electron chi connectivity index (χ1n) is 18.9. The molecule has 0 radical (unpaired) electrons. The van der Waals surface area contributed by atoms with Crippen LogP contribution in [0.5, 0.6) is 0 Å². The lowest BCUT2D eigenvalue weighted by molar-refractivity contribution is -0.123. The minimum Gasteiger partial charge on any atom is -0.379 e. The molecular formula is C38H76O8. The van der Waals surface area contributed by atoms with E-state index in [2.05, 4.69) is 13.8 Å². The Bertz CT molecular complexity index is 612. The maximum absolute atomic E-state index is 11.4. The maximum atomic E-state index is 11.4. The highest BCUT2D eigenvalue weighted by Gasteiger charge is 2.06. The minimum atomic E-state index is 0.0775. The summed E-state index contributed by atoms with van der Waals surface area (Å²) in [5.41, 5.74) is 0. The highest BCUT2D eigenvalue weighted by molar-refractivity contribution is 5.80. The standard InChI is InChI=1S/C19H38O7.C19H38O/c1-4-6-21-8-10-23-12-14-25-16-17-26-15-13-24-11-9-22-7-5-19(20)18(2)3;1-4-5-6-7-8-9-10-11-12-13-14-15-16-17-19(20)18(2)3/h18H,4-17H2,1-3H3;18H,4-17H2,1-3H3. The van der Waals surface area contributed by atoms with Crippen LogP contribution in [-0.2, 0) is 38.0 Å². The van der Waals surface area contributed by atoms with E-state index in [9.17, 15) is 9.59 Å². The van der Waals surface area contributed by atoms with Crippen molar-refractivity contribution < 1.29 is 38.0 Å². The molecule has 0 unspecified atom stereocenters. The van der Waals surface area contributed by atoms with Crippen LogP contribution in [0.1, 0.15) is 144 Å². The molecule has 0 bridgehead atoms. The molecule has 0 heterocycles. The molecule has 0 saturated carbocycles. The molecule has 0 spiro atoms. The van der Waals surface area contributed by atoms with Crippen LogP contribution in [0, 0.1) is 11.8 Å². The summed E-state index contributed by atoms with van der Waals surface area (Å²) in [6.07, 6.45) is 20.1. The summed E-state index contributed by atoms with van der Waals surface area (Å²) in [6.45, 7) is 18.9. The monoisotopic (exact) mass is 661 g/mol. The number of Topliss-reactive ketones (excluding diaryl/α,β-unsaturated/α-hetero) is 2. The molecule has 0 N–H and O–H groups in total. The van der Waals surface area contributed by atoms with Gasteiger partial charge in [-0.1, -0.05) is 119 Å². The Balaban J connectivity index is 0. The topological polar surface area (TPSA) is 89.5 Å². The Morgan fingerprint density at radius 3 is 0.957 bits per heavy atom. The lowest BCUT2D eigenvalue weighted by atomic mass is 10.0. The molecule has 8 nitrogen and oxygen atoms in total. The van der Waals surface area contributed by atoms with Gasteiger partial charge in [-0.3, -0.25) is 9.59 Å². The zero-order chi connectivity index (χ0) is 34.4. The van der Waals surface area contributed by atoms with E-state index in [1.165, 1.54) is 77.0 Å². The first-order chi connectivity index (χ1) is 22.4. The smallest absolute Gasteiger partial charge is 0.137 e. The fourth-order valence-corrected chi connectivity index (χ4v) is 4.41. The summed E-state index contributed by atoms with van der Waals surface area (Å²) in [7, 11) is 0. The second kappa shape index (κ2) is 40.3. The highest BCUT2D eigenvalue weighted by Crippen LogP contribution is 2.13. The number of ketones is 2. The molecule has 0 fully saturated rings. The van der Waals surface area contributed by atoms with Crippen molar-refractivity contribution in [3.8, 4) is 0 Å². The van der Waals surface area contributed by atoms with Crippen molar-refractivity contribution in [2.24, 2.45) is 11.8 Å². The Morgan fingerprint density at radius 1 is 0.348 bits per heavy atom. The fourth-order valence-electron chi connectivity index (χ4n) is 4.41. The summed E-state index contributed by atoms with van der Waals surface area (Å²) in [6, 6.07) is 0. The number of carbonyl (C=O) groups is 2. The summed E-state index contributed by atoms with van der Waals surface area (Å²) >= 11 is 0. The van der Waals surface area contributed by atoms with Gasteiger partial charge in [0.2, 0.25) is 0 Å². The Hall–Kier alpha value is -0.900. The van der Waals surface area contributed by atoms with Gasteiger partial charge in [-0.05, 0) is 12.8 Å². The number of hydrogen-bond donors (Lipinski definition) is 0. The Labute approximate surface area is 284 Å². The Morgan fingerprint density at radius 2 is 0.630 bits per heavy atom. The van der Waals surface area contributed by atoms with Gasteiger partial charge < -0.3 is 28.4 Å². The molecule has 0 aliphatic heterocycles. The molecule has 0 aliphatic carbocycles. The Kier molecular flexibility index (Phi) is 41.3. The van der Waals surface area contributed by atoms with Crippen LogP contribution < -0.4 is 0 Å². The van der Waals surface area contributed by atoms with Crippen molar-refractivity contribution in [3.63, 3.8) is 0 Å². The van der Waals surface area contributed by atoms with Gasteiger partial charge >= 0.3 is 0 Å². The van der Waals surface area contributed by atoms with Crippen molar-refractivity contribution in [2.75, 3.05) is 79.3 Å². The second-order valence-corrected chi connectivity index (χ2v) is 12.7. The predicted molar refractivity (Wildman–Crippen MR) is 190 cm³/mol. The van der Waals surface area contributed by atoms with Crippen LogP contribution in [-0.4, -0.2) is 90.8 Å². The summed E-state index contributed by atoms with van der Waals surface area (Å²) < 4.78 is 32.2. The molecule has 0 aromatic carbocycles. The third-order valence-corrected chi connectivity index (χ3v) is 7.52. The number of hydrogen-bond acceptors (Lipinski definition) is 8. The van der Waals surface area contributed by atoms with Crippen LogP contribution in [0.3, 0.4) is 0 Å². The van der Waals surface area contributed by atoms with E-state index in [1.54, 1.807) is 0 Å². The number of rotatable bonds is 36. The molecule has 0 atom stereocenters. The van der Waals surface area contributed by atoms with Crippen molar-refractivity contribution in [1.29, 1.82) is 0 Å². The SMILES string of the molecule is CCCCCCCCCCCCCCCC(=O)C(C)C.CCCOCCOCCOCCOCCOCCOCCC(=O)C(C)C. The average molecular weight is 661 g/mol. The van der Waals surface area contributed by atoms with Crippen molar-refractivity contribution in [1.82, 2.24) is 0 Å². The molecule has 0 aromatic rings. The maximum Gasteiger partial charge on any atom is 0.137 e. The molecule has 0 aliphatic rings. The average Bonchev–Trinajstić information content (AvgIpc) is 3.04. The highest BCUT2D eigenvalue weighted by atomic mass is 16.6. The summed E-state index contributed by atoms with van der Waals surface area (Å²) in [4.78, 5) is 22.8. The molecule has 0 rings (SSSR count). The molecule has 8 heteroatoms. The van der Waals surface area contributed by atoms with E-state index >= 15 is 0 Å². The zero-order valence-electron chi connectivity index (χ0n) is 31.2. The van der Waals surface area contributed by atoms with E-state index in [0.717, 1.165) is 25.9 Å². The third-order valence-electron chi connectivity index (χ3n) is 7.52. The van der Waals surface area contributed by atoms with Crippen LogP contribution in [0.2, 0.25) is 0 Å². The predicted octanol–water partition coefficient (Wildman–Crippen LogP) is 8.80. The number of carbonyl (C=O) groups excluding carboxylic acids is 2. The number of ether oxygens (including phenoxy) is 6. The summed E-state index contributed by atoms with van der Waals surface area (Å²) in [5.74, 6) is 0.975. The van der Waals surface area contributed by atoms with Gasteiger partial charge in [0.05, 0.1) is 72.7 Å². The fraction of sp³-hybridized carbons (Fsp3) is 0.947. The normalized spacial score (nSPS) is 11.3. The van der Waals surface area contributed by atoms with Crippen molar-refractivity contribution >= 4 is 11.6 Å². The molecule has 46 heavy (non-hydrogen) atoms. The summed E-state index contributed by atoms with van der Waals surface area (Å²) in [5, 5.41) is 0. The first-order valence-corrected chi connectivity index (χ1v) is 18.9. The van der Waals surface area contributed by atoms with Gasteiger partial charge in [0.25, 0.3) is 0 Å². The third kappa shape index (κ3) is 41.1. The van der Waals surface area contributed by atoms with E-state index in [1.807, 2.05) is 27.7 Å². The lowest BCUT2D eigenvalue weighted by Gasteiger charge is -2.08. The number of unbranched alkanes of at least 4 members (excludes halogenated alkanes) is 12. The molecular weight excluding hydrogens is 584 g/mol. The lowest BCUT2D eigenvalue weighted by Crippen LogP contribution is -2.15. The van der Waals surface area contributed by atoms with Crippen LogP contribution in [0.15, 0.2) is 0 Å². The van der Waals surface area contributed by atoms with Crippen LogP contribution in [0.4, 0.5) is 0 Å². The molecule has 276 valence electrons. The minimum absolute atomic E-state index is 0.0775. The van der Waals surface area contributed by atoms with Crippen molar-refractivity contribution in [2.45, 2.75) is 144 Å². The van der Waals surface area contributed by atoms with Gasteiger partial charge in [-0.2, -0.15) is 0 Å². The largest absolute Gasteiger partial charge is 0.379 e. The van der Waals surface area contributed by atoms with Gasteiger partial charge in [0.15, 0.2) is 0 Å².